The van der Waals surface area contributed by atoms with E-state index in [1.54, 1.807) is 6.26 Å². The van der Waals surface area contributed by atoms with Crippen LogP contribution < -0.4 is 4.90 Å². The Morgan fingerprint density at radius 3 is 2.72 bits per heavy atom. The zero-order chi connectivity index (χ0) is 12.1. The van der Waals surface area contributed by atoms with Crippen LogP contribution in [0.25, 0.3) is 11.0 Å². The van der Waals surface area contributed by atoms with Crippen LogP contribution in [0.1, 0.15) is 0 Å². The molecule has 0 saturated carbocycles. The SMILES string of the molecule is CN1CC2CN(c3nccc4occc34)CC2C1. The molecule has 2 aromatic rings. The van der Waals surface area contributed by atoms with E-state index in [4.69, 9.17) is 4.42 Å². The first-order chi connectivity index (χ1) is 8.81. The molecular weight excluding hydrogens is 226 g/mol. The van der Waals surface area contributed by atoms with Crippen molar-refractivity contribution in [3.63, 3.8) is 0 Å². The van der Waals surface area contributed by atoms with Gasteiger partial charge in [0.25, 0.3) is 0 Å². The molecule has 2 unspecified atom stereocenters. The maximum Gasteiger partial charge on any atom is 0.139 e. The van der Waals surface area contributed by atoms with Gasteiger partial charge in [-0.05, 0) is 31.0 Å². The standard InChI is InChI=1S/C14H17N3O/c1-16-6-10-8-17(9-11(10)7-16)14-12-3-5-18-13(12)2-4-15-14/h2-5,10-11H,6-9H2,1H3. The van der Waals surface area contributed by atoms with Crippen molar-refractivity contribution in [3.8, 4) is 0 Å². The Morgan fingerprint density at radius 2 is 1.94 bits per heavy atom. The van der Waals surface area contributed by atoms with Gasteiger partial charge in [-0.3, -0.25) is 0 Å². The van der Waals surface area contributed by atoms with E-state index in [0.29, 0.717) is 0 Å². The van der Waals surface area contributed by atoms with Crippen LogP contribution in [0, 0.1) is 11.8 Å². The first-order valence-electron chi connectivity index (χ1n) is 6.57. The van der Waals surface area contributed by atoms with Crippen molar-refractivity contribution in [2.24, 2.45) is 11.8 Å². The van der Waals surface area contributed by atoms with Crippen LogP contribution in [0.5, 0.6) is 0 Å². The van der Waals surface area contributed by atoms with Crippen molar-refractivity contribution in [1.82, 2.24) is 9.88 Å². The van der Waals surface area contributed by atoms with E-state index in [1.807, 2.05) is 18.3 Å². The summed E-state index contributed by atoms with van der Waals surface area (Å²) in [6.45, 7) is 4.71. The highest BCUT2D eigenvalue weighted by atomic mass is 16.3. The van der Waals surface area contributed by atoms with Crippen molar-refractivity contribution in [2.75, 3.05) is 38.1 Å². The number of fused-ring (bicyclic) bond motifs is 2. The number of hydrogen-bond donors (Lipinski definition) is 0. The molecule has 2 aliphatic rings. The molecule has 0 spiro atoms. The second-order valence-electron chi connectivity index (χ2n) is 5.61. The molecule has 94 valence electrons. The molecule has 4 heteroatoms. The number of anilines is 1. The number of furan rings is 1. The normalized spacial score (nSPS) is 28.2. The third-order valence-electron chi connectivity index (χ3n) is 4.33. The summed E-state index contributed by atoms with van der Waals surface area (Å²) in [6, 6.07) is 3.96. The topological polar surface area (TPSA) is 32.5 Å². The van der Waals surface area contributed by atoms with E-state index < -0.39 is 0 Å². The summed E-state index contributed by atoms with van der Waals surface area (Å²) in [5.74, 6) is 2.70. The minimum Gasteiger partial charge on any atom is -0.464 e. The van der Waals surface area contributed by atoms with Crippen LogP contribution in [0.4, 0.5) is 5.82 Å². The second kappa shape index (κ2) is 3.72. The molecule has 0 amide bonds. The zero-order valence-corrected chi connectivity index (χ0v) is 10.5. The Kier molecular flexibility index (Phi) is 2.14. The smallest absolute Gasteiger partial charge is 0.139 e. The van der Waals surface area contributed by atoms with Crippen LogP contribution in [0.3, 0.4) is 0 Å². The fourth-order valence-corrected chi connectivity index (χ4v) is 3.53. The fourth-order valence-electron chi connectivity index (χ4n) is 3.53. The monoisotopic (exact) mass is 243 g/mol. The van der Waals surface area contributed by atoms with Crippen molar-refractivity contribution < 1.29 is 4.42 Å². The van der Waals surface area contributed by atoms with Gasteiger partial charge in [-0.25, -0.2) is 4.98 Å². The first-order valence-corrected chi connectivity index (χ1v) is 6.57. The molecule has 0 N–H and O–H groups in total. The number of rotatable bonds is 1. The summed E-state index contributed by atoms with van der Waals surface area (Å²) in [6.07, 6.45) is 3.60. The Labute approximate surface area is 106 Å². The quantitative estimate of drug-likeness (QED) is 0.765. The van der Waals surface area contributed by atoms with Gasteiger partial charge >= 0.3 is 0 Å². The molecule has 4 heterocycles. The van der Waals surface area contributed by atoms with E-state index in [9.17, 15) is 0 Å². The predicted molar refractivity (Wildman–Crippen MR) is 70.7 cm³/mol. The fraction of sp³-hybridized carbons (Fsp3) is 0.500. The second-order valence-corrected chi connectivity index (χ2v) is 5.61. The molecular formula is C14H17N3O. The van der Waals surface area contributed by atoms with Gasteiger partial charge in [-0.15, -0.1) is 0 Å². The molecule has 2 fully saturated rings. The number of hydrogen-bond acceptors (Lipinski definition) is 4. The van der Waals surface area contributed by atoms with Gasteiger partial charge in [-0.1, -0.05) is 0 Å². The molecule has 2 saturated heterocycles. The number of nitrogens with zero attached hydrogens (tertiary/aromatic N) is 3. The summed E-state index contributed by atoms with van der Waals surface area (Å²) in [7, 11) is 2.22. The van der Waals surface area contributed by atoms with Crippen LogP contribution in [-0.2, 0) is 0 Å². The van der Waals surface area contributed by atoms with Gasteiger partial charge in [0.05, 0.1) is 11.6 Å². The minimum absolute atomic E-state index is 0.805. The third kappa shape index (κ3) is 1.45. The van der Waals surface area contributed by atoms with E-state index in [-0.39, 0.29) is 0 Å². The Balaban J connectivity index is 1.67. The van der Waals surface area contributed by atoms with Gasteiger partial charge in [0, 0.05) is 32.4 Å². The van der Waals surface area contributed by atoms with Gasteiger partial charge in [-0.2, -0.15) is 0 Å². The number of pyridine rings is 1. The summed E-state index contributed by atoms with van der Waals surface area (Å²) >= 11 is 0. The summed E-state index contributed by atoms with van der Waals surface area (Å²) < 4.78 is 5.45. The lowest BCUT2D eigenvalue weighted by atomic mass is 10.0. The van der Waals surface area contributed by atoms with E-state index in [1.165, 1.54) is 13.1 Å². The van der Waals surface area contributed by atoms with Gasteiger partial charge in [0.15, 0.2) is 0 Å². The maximum absolute atomic E-state index is 5.45. The lowest BCUT2D eigenvalue weighted by molar-refractivity contribution is 0.387. The highest BCUT2D eigenvalue weighted by Crippen LogP contribution is 2.35. The molecule has 0 radical (unpaired) electrons. The lowest BCUT2D eigenvalue weighted by Crippen LogP contribution is -2.27. The summed E-state index contributed by atoms with van der Waals surface area (Å²) in [5.41, 5.74) is 0.939. The number of likely N-dealkylation sites (tertiary alicyclic amines) is 1. The van der Waals surface area contributed by atoms with E-state index in [0.717, 1.165) is 41.7 Å². The molecule has 2 atom stereocenters. The lowest BCUT2D eigenvalue weighted by Gasteiger charge is -2.20. The van der Waals surface area contributed by atoms with Gasteiger partial charge < -0.3 is 14.2 Å². The molecule has 4 rings (SSSR count). The Morgan fingerprint density at radius 1 is 1.17 bits per heavy atom. The average Bonchev–Trinajstić information content (AvgIpc) is 3.00. The molecule has 18 heavy (non-hydrogen) atoms. The average molecular weight is 243 g/mol. The Hall–Kier alpha value is -1.55. The molecule has 2 aromatic heterocycles. The molecule has 0 bridgehead atoms. The predicted octanol–water partition coefficient (Wildman–Crippen LogP) is 1.83. The minimum atomic E-state index is 0.805. The highest BCUT2D eigenvalue weighted by molar-refractivity contribution is 5.88. The van der Waals surface area contributed by atoms with Crippen molar-refractivity contribution in [2.45, 2.75) is 0 Å². The maximum atomic E-state index is 5.45. The molecule has 0 aliphatic carbocycles. The van der Waals surface area contributed by atoms with Crippen LogP contribution in [-0.4, -0.2) is 43.1 Å². The highest BCUT2D eigenvalue weighted by Gasteiger charge is 2.39. The van der Waals surface area contributed by atoms with Crippen LogP contribution in [0.15, 0.2) is 29.0 Å². The molecule has 0 aromatic carbocycles. The van der Waals surface area contributed by atoms with E-state index in [2.05, 4.69) is 21.8 Å². The van der Waals surface area contributed by atoms with Crippen molar-refractivity contribution in [1.29, 1.82) is 0 Å². The van der Waals surface area contributed by atoms with Gasteiger partial charge in [0.2, 0.25) is 0 Å². The van der Waals surface area contributed by atoms with Crippen molar-refractivity contribution in [3.05, 3.63) is 24.6 Å². The summed E-state index contributed by atoms with van der Waals surface area (Å²) in [4.78, 5) is 9.43. The molecule has 2 aliphatic heterocycles. The Bertz CT molecular complexity index is 565. The summed E-state index contributed by atoms with van der Waals surface area (Å²) in [5, 5.41) is 1.14. The zero-order valence-electron chi connectivity index (χ0n) is 10.5. The largest absolute Gasteiger partial charge is 0.464 e. The van der Waals surface area contributed by atoms with Crippen LogP contribution >= 0.6 is 0 Å². The molecule has 4 nitrogen and oxygen atoms in total. The third-order valence-corrected chi connectivity index (χ3v) is 4.33. The van der Waals surface area contributed by atoms with Crippen LogP contribution in [0.2, 0.25) is 0 Å². The first kappa shape index (κ1) is 10.4. The van der Waals surface area contributed by atoms with Crippen molar-refractivity contribution >= 4 is 16.8 Å². The number of aromatic nitrogens is 1. The van der Waals surface area contributed by atoms with E-state index >= 15 is 0 Å². The van der Waals surface area contributed by atoms with Gasteiger partial charge in [0.1, 0.15) is 11.4 Å².